The smallest absolute Gasteiger partial charge is 0.337 e. The van der Waals surface area contributed by atoms with Crippen LogP contribution in [0.3, 0.4) is 0 Å². The van der Waals surface area contributed by atoms with Gasteiger partial charge in [-0.2, -0.15) is 0 Å². The van der Waals surface area contributed by atoms with Gasteiger partial charge in [0.25, 0.3) is 5.91 Å². The van der Waals surface area contributed by atoms with Gasteiger partial charge in [-0.3, -0.25) is 15.0 Å². The third kappa shape index (κ3) is 16.2. The minimum Gasteiger partial charge on any atom is -0.506 e. The second-order valence-electron chi connectivity index (χ2n) is 21.7. The molecule has 0 atom stereocenters. The van der Waals surface area contributed by atoms with Crippen LogP contribution in [-0.2, 0) is 0 Å². The predicted molar refractivity (Wildman–Crippen MR) is 356 cm³/mol. The highest BCUT2D eigenvalue weighted by molar-refractivity contribution is 6.00. The number of carboxylic acids is 3. The average molecular weight is 1370 g/mol. The van der Waals surface area contributed by atoms with Crippen molar-refractivity contribution in [1.82, 2.24) is 25.9 Å². The number of aromatic hydroxyl groups is 2. The molecule has 100 heavy (non-hydrogen) atoms. The Balaban J connectivity index is 0.000000156. The lowest BCUT2D eigenvalue weighted by atomic mass is 10.0. The predicted octanol–water partition coefficient (Wildman–Crippen LogP) is 17.1. The van der Waals surface area contributed by atoms with E-state index in [9.17, 15) is 60.8 Å². The summed E-state index contributed by atoms with van der Waals surface area (Å²) in [6.45, 7) is 10.2. The van der Waals surface area contributed by atoms with E-state index in [4.69, 9.17) is 29.0 Å². The standard InChI is InChI=1S/C18H15F2N3O3.C18H14F2N2O3.C18H12F2N2O2.C18H16N2O5/c1-9-16(10(2)26-23-9)11-7-13(19)17(14(20)8-11)21-15-6-4-3-5-12(15)18(24)22-25;1-9-16(10(2)25-22-9)11-7-13(19)17(14(20)8-11)21-15-6-4-3-5-12(15)18(23)24;19-14-9-12(11-5-7-21-8-6-11)10-15(20)17(14)22-16-4-2-1-3-13(16)18(23)24;1-9-16(10(2)25-20-9)11-7-14(21)17(15(22)8-11)19-13-6-4-3-5-12(13)18(23)24/h3-8,21,25H,1-2H3,(H,22,24);3-8,21H,1-2H3,(H,23,24);1-10,22H,(H,23,24);3-8,19,21-22H,1-2H3,(H,23,24). The number of hydrogen-bond acceptors (Lipinski definition) is 18. The second kappa shape index (κ2) is 31.1. The first-order valence-corrected chi connectivity index (χ1v) is 29.6. The lowest BCUT2D eigenvalue weighted by molar-refractivity contribution is 0.0687. The number of halogens is 6. The van der Waals surface area contributed by atoms with E-state index in [1.165, 1.54) is 96.7 Å². The number of hydrogen-bond donors (Lipinski definition) is 11. The number of rotatable bonds is 16. The molecule has 11 N–H and O–H groups in total. The Bertz CT molecular complexity index is 4760. The molecule has 0 aliphatic carbocycles. The van der Waals surface area contributed by atoms with Crippen molar-refractivity contribution in [2.75, 3.05) is 21.3 Å². The molecule has 0 spiro atoms. The van der Waals surface area contributed by atoms with Gasteiger partial charge in [-0.15, -0.1) is 0 Å². The highest BCUT2D eigenvalue weighted by Gasteiger charge is 2.24. The zero-order chi connectivity index (χ0) is 72.2. The minimum atomic E-state index is -1.20. The van der Waals surface area contributed by atoms with E-state index in [2.05, 4.69) is 41.7 Å². The van der Waals surface area contributed by atoms with E-state index in [0.717, 1.165) is 24.3 Å². The Morgan fingerprint density at radius 3 is 0.920 bits per heavy atom. The number of aromatic carboxylic acids is 3. The summed E-state index contributed by atoms with van der Waals surface area (Å²) < 4.78 is 102. The number of nitrogens with zero attached hydrogens (tertiary/aromatic N) is 4. The first-order chi connectivity index (χ1) is 47.7. The summed E-state index contributed by atoms with van der Waals surface area (Å²) in [6, 6.07) is 37.2. The van der Waals surface area contributed by atoms with Crippen LogP contribution in [0.1, 0.15) is 75.8 Å². The number of pyridine rings is 1. The monoisotopic (exact) mass is 1370 g/mol. The van der Waals surface area contributed by atoms with Crippen LogP contribution in [-0.4, -0.2) is 75.0 Å². The van der Waals surface area contributed by atoms with Crippen LogP contribution in [0.25, 0.3) is 44.5 Å². The molecule has 0 aliphatic rings. The van der Waals surface area contributed by atoms with Crippen molar-refractivity contribution in [2.24, 2.45) is 0 Å². The van der Waals surface area contributed by atoms with Crippen LogP contribution in [0, 0.1) is 76.4 Å². The number of nitrogens with one attached hydrogen (secondary N) is 5. The summed E-state index contributed by atoms with van der Waals surface area (Å²) in [5, 5.41) is 78.8. The molecular weight excluding hydrogens is 1310 g/mol. The molecule has 4 aromatic heterocycles. The molecule has 28 heteroatoms. The molecule has 0 unspecified atom stereocenters. The normalized spacial score (nSPS) is 10.6. The summed E-state index contributed by atoms with van der Waals surface area (Å²) in [5.74, 6) is -8.33. The van der Waals surface area contributed by atoms with Gasteiger partial charge in [-0.1, -0.05) is 64.0 Å². The van der Waals surface area contributed by atoms with Gasteiger partial charge < -0.3 is 60.4 Å². The topological polar surface area (TPSA) is 341 Å². The number of aromatic nitrogens is 4. The highest BCUT2D eigenvalue weighted by atomic mass is 19.2. The number of amides is 1. The molecule has 0 saturated carbocycles. The lowest BCUT2D eigenvalue weighted by Gasteiger charge is -2.14. The van der Waals surface area contributed by atoms with Crippen LogP contribution in [0.5, 0.6) is 11.5 Å². The van der Waals surface area contributed by atoms with E-state index in [1.54, 1.807) is 96.1 Å². The molecule has 0 fully saturated rings. The maximum atomic E-state index is 14.6. The number of carboxylic acid groups (broad SMARTS) is 3. The van der Waals surface area contributed by atoms with Gasteiger partial charge in [0.1, 0.15) is 86.4 Å². The van der Waals surface area contributed by atoms with Crippen LogP contribution < -0.4 is 26.7 Å². The molecule has 0 radical (unpaired) electrons. The summed E-state index contributed by atoms with van der Waals surface area (Å²) in [5.41, 5.74) is 6.29. The zero-order valence-electron chi connectivity index (χ0n) is 53.3. The molecule has 0 aliphatic heterocycles. The molecule has 22 nitrogen and oxygen atoms in total. The number of hydroxylamine groups is 1. The molecule has 0 saturated heterocycles. The maximum Gasteiger partial charge on any atom is 0.337 e. The Morgan fingerprint density at radius 1 is 0.360 bits per heavy atom. The van der Waals surface area contributed by atoms with Gasteiger partial charge in [0.2, 0.25) is 0 Å². The zero-order valence-corrected chi connectivity index (χ0v) is 53.3. The second-order valence-corrected chi connectivity index (χ2v) is 21.7. The Labute approximate surface area is 563 Å². The van der Waals surface area contributed by atoms with Crippen LogP contribution in [0.2, 0.25) is 0 Å². The number of aryl methyl sites for hydroxylation is 6. The largest absolute Gasteiger partial charge is 0.506 e. The quantitative estimate of drug-likeness (QED) is 0.0185. The highest BCUT2D eigenvalue weighted by Crippen LogP contribution is 2.43. The van der Waals surface area contributed by atoms with Gasteiger partial charge in [0, 0.05) is 29.1 Å². The Morgan fingerprint density at radius 2 is 0.630 bits per heavy atom. The van der Waals surface area contributed by atoms with Crippen LogP contribution in [0.4, 0.5) is 71.8 Å². The van der Waals surface area contributed by atoms with Crippen molar-refractivity contribution >= 4 is 69.3 Å². The number of phenols is 2. The molecule has 510 valence electrons. The van der Waals surface area contributed by atoms with E-state index in [-0.39, 0.29) is 62.2 Å². The molecule has 0 bridgehead atoms. The fourth-order valence-corrected chi connectivity index (χ4v) is 10.4. The van der Waals surface area contributed by atoms with E-state index in [0.29, 0.717) is 78.9 Å². The van der Waals surface area contributed by atoms with E-state index < -0.39 is 75.8 Å². The van der Waals surface area contributed by atoms with Crippen molar-refractivity contribution in [3.05, 3.63) is 262 Å². The maximum absolute atomic E-state index is 14.6. The molecule has 12 rings (SSSR count). The number of anilines is 8. The van der Waals surface area contributed by atoms with Crippen molar-refractivity contribution in [3.63, 3.8) is 0 Å². The summed E-state index contributed by atoms with van der Waals surface area (Å²) >= 11 is 0. The molecular formula is C72H57F6N9O13. The average Bonchev–Trinajstić information content (AvgIpc) is 1.51. The van der Waals surface area contributed by atoms with Crippen molar-refractivity contribution < 1.29 is 89.8 Å². The Kier molecular flexibility index (Phi) is 22.1. The van der Waals surface area contributed by atoms with E-state index >= 15 is 0 Å². The number of benzene rings is 8. The van der Waals surface area contributed by atoms with Crippen molar-refractivity contribution in [1.29, 1.82) is 0 Å². The fourth-order valence-electron chi connectivity index (χ4n) is 10.4. The summed E-state index contributed by atoms with van der Waals surface area (Å²) in [4.78, 5) is 49.2. The van der Waals surface area contributed by atoms with Crippen molar-refractivity contribution in [3.8, 4) is 56.0 Å². The third-order valence-electron chi connectivity index (χ3n) is 15.0. The van der Waals surface area contributed by atoms with Gasteiger partial charge in [0.05, 0.1) is 62.1 Å². The number of para-hydroxylation sites is 4. The van der Waals surface area contributed by atoms with E-state index in [1.807, 2.05) is 0 Å². The lowest BCUT2D eigenvalue weighted by Crippen LogP contribution is -2.20. The van der Waals surface area contributed by atoms with Gasteiger partial charge in [-0.25, -0.2) is 46.2 Å². The molecule has 4 heterocycles. The Hall–Kier alpha value is -13.2. The molecule has 1 amide bonds. The first-order valence-electron chi connectivity index (χ1n) is 29.6. The number of carbonyl (C=O) groups excluding carboxylic acids is 1. The summed E-state index contributed by atoms with van der Waals surface area (Å²) in [6.07, 6.45) is 3.06. The number of carbonyl (C=O) groups is 4. The molecule has 8 aromatic carbocycles. The SMILES string of the molecule is Cc1noc(C)c1-c1cc(F)c(Nc2ccccc2C(=O)NO)c(F)c1.Cc1noc(C)c1-c1cc(F)c(Nc2ccccc2C(=O)O)c(F)c1.Cc1noc(C)c1-c1cc(O)c(Nc2ccccc2C(=O)O)c(O)c1.O=C(O)c1ccccc1Nc1c(F)cc(-c2ccncc2)cc1F. The molecule has 12 aromatic rings. The minimum absolute atomic E-state index is 0.0178. The van der Waals surface area contributed by atoms with Crippen molar-refractivity contribution in [2.45, 2.75) is 41.5 Å². The first kappa shape index (κ1) is 71.1. The van der Waals surface area contributed by atoms with Gasteiger partial charge in [0.15, 0.2) is 0 Å². The van der Waals surface area contributed by atoms with Crippen LogP contribution >= 0.6 is 0 Å². The van der Waals surface area contributed by atoms with Gasteiger partial charge >= 0.3 is 17.9 Å². The number of phenolic OH excluding ortho intramolecular Hbond substituents is 2. The third-order valence-corrected chi connectivity index (χ3v) is 15.0. The van der Waals surface area contributed by atoms with Gasteiger partial charge in [-0.05, 0) is 179 Å². The fraction of sp³-hybridized carbons (Fsp3) is 0.0833. The van der Waals surface area contributed by atoms with Crippen LogP contribution in [0.15, 0.2) is 184 Å². The summed E-state index contributed by atoms with van der Waals surface area (Å²) in [7, 11) is 0.